The monoisotopic (exact) mass is 255 g/mol. The van der Waals surface area contributed by atoms with Gasteiger partial charge in [-0.25, -0.2) is 0 Å². The van der Waals surface area contributed by atoms with Crippen LogP contribution in [0.2, 0.25) is 0 Å². The van der Waals surface area contributed by atoms with Gasteiger partial charge in [-0.05, 0) is 51.9 Å². The van der Waals surface area contributed by atoms with Gasteiger partial charge in [0.15, 0.2) is 0 Å². The molecule has 2 fully saturated rings. The lowest BCUT2D eigenvalue weighted by atomic mass is 10.00. The summed E-state index contributed by atoms with van der Waals surface area (Å²) in [5.41, 5.74) is 5.55. The van der Waals surface area contributed by atoms with Crippen LogP contribution in [0, 0.1) is 0 Å². The molecule has 2 aliphatic heterocycles. The summed E-state index contributed by atoms with van der Waals surface area (Å²) < 4.78 is 0. The van der Waals surface area contributed by atoms with Crippen LogP contribution in [-0.4, -0.2) is 53.6 Å². The van der Waals surface area contributed by atoms with E-state index in [4.69, 9.17) is 18.0 Å². The zero-order valence-electron chi connectivity index (χ0n) is 10.7. The molecule has 2 saturated heterocycles. The van der Waals surface area contributed by atoms with Crippen LogP contribution in [0.3, 0.4) is 0 Å². The average molecular weight is 255 g/mol. The van der Waals surface area contributed by atoms with Gasteiger partial charge in [0.05, 0.1) is 4.99 Å². The highest BCUT2D eigenvalue weighted by Gasteiger charge is 2.25. The van der Waals surface area contributed by atoms with E-state index in [0.717, 1.165) is 19.0 Å². The van der Waals surface area contributed by atoms with Crippen molar-refractivity contribution in [1.29, 1.82) is 0 Å². The number of hydrogen-bond donors (Lipinski definition) is 1. The van der Waals surface area contributed by atoms with Gasteiger partial charge in [-0.3, -0.25) is 0 Å². The summed E-state index contributed by atoms with van der Waals surface area (Å²) >= 11 is 4.93. The Bertz CT molecular complexity index is 243. The first kappa shape index (κ1) is 13.2. The fourth-order valence-electron chi connectivity index (χ4n) is 3.06. The van der Waals surface area contributed by atoms with Crippen LogP contribution >= 0.6 is 12.2 Å². The van der Waals surface area contributed by atoms with Gasteiger partial charge in [0.1, 0.15) is 0 Å². The normalized spacial score (nSPS) is 24.9. The molecule has 0 bridgehead atoms. The topological polar surface area (TPSA) is 32.5 Å². The molecule has 2 aliphatic rings. The van der Waals surface area contributed by atoms with E-state index in [9.17, 15) is 0 Å². The molecular weight excluding hydrogens is 230 g/mol. The van der Waals surface area contributed by atoms with Gasteiger partial charge in [0.2, 0.25) is 0 Å². The van der Waals surface area contributed by atoms with Gasteiger partial charge in [0, 0.05) is 19.0 Å². The van der Waals surface area contributed by atoms with Crippen LogP contribution in [0.15, 0.2) is 0 Å². The fourth-order valence-corrected chi connectivity index (χ4v) is 3.15. The molecule has 0 unspecified atom stereocenters. The molecule has 2 heterocycles. The summed E-state index contributed by atoms with van der Waals surface area (Å²) in [6.45, 7) is 6.17. The van der Waals surface area contributed by atoms with E-state index in [-0.39, 0.29) is 0 Å². The first-order valence-electron chi connectivity index (χ1n) is 7.00. The Morgan fingerprint density at radius 1 is 1.06 bits per heavy atom. The summed E-state index contributed by atoms with van der Waals surface area (Å²) in [7, 11) is 0. The highest BCUT2D eigenvalue weighted by molar-refractivity contribution is 7.80. The molecule has 0 saturated carbocycles. The molecule has 0 aliphatic carbocycles. The second-order valence-electron chi connectivity index (χ2n) is 5.39. The van der Waals surface area contributed by atoms with Crippen molar-refractivity contribution >= 4 is 17.2 Å². The van der Waals surface area contributed by atoms with E-state index < -0.39 is 0 Å². The van der Waals surface area contributed by atoms with E-state index in [1.54, 1.807) is 0 Å². The van der Waals surface area contributed by atoms with Crippen LogP contribution in [-0.2, 0) is 0 Å². The number of rotatable bonds is 4. The third kappa shape index (κ3) is 4.19. The largest absolute Gasteiger partial charge is 0.393 e. The number of piperidine rings is 2. The number of nitrogens with two attached hydrogens (primary N) is 1. The van der Waals surface area contributed by atoms with Crippen molar-refractivity contribution in [2.75, 3.05) is 32.7 Å². The second kappa shape index (κ2) is 6.66. The first-order chi connectivity index (χ1) is 8.25. The highest BCUT2D eigenvalue weighted by Crippen LogP contribution is 2.20. The van der Waals surface area contributed by atoms with Crippen LogP contribution in [0.1, 0.15) is 38.5 Å². The van der Waals surface area contributed by atoms with Gasteiger partial charge < -0.3 is 15.5 Å². The molecule has 0 radical (unpaired) electrons. The molecule has 0 aromatic heterocycles. The smallest absolute Gasteiger partial charge is 0.0740 e. The van der Waals surface area contributed by atoms with Crippen molar-refractivity contribution in [3.63, 3.8) is 0 Å². The third-order valence-corrected chi connectivity index (χ3v) is 4.34. The molecule has 0 atom stereocenters. The zero-order valence-corrected chi connectivity index (χ0v) is 11.6. The average Bonchev–Trinajstić information content (AvgIpc) is 2.38. The number of hydrogen-bond acceptors (Lipinski definition) is 3. The molecule has 0 aromatic rings. The number of nitrogens with zero attached hydrogens (tertiary/aromatic N) is 2. The molecular formula is C13H25N3S. The SMILES string of the molecule is NC(=S)CCN1CCC(N2CCCCC2)CC1. The molecule has 98 valence electrons. The van der Waals surface area contributed by atoms with Crippen molar-refractivity contribution in [2.24, 2.45) is 5.73 Å². The number of likely N-dealkylation sites (tertiary alicyclic amines) is 2. The molecule has 17 heavy (non-hydrogen) atoms. The quantitative estimate of drug-likeness (QED) is 0.774. The standard InChI is InChI=1S/C13H25N3S/c14-13(17)6-11-15-9-4-12(5-10-15)16-7-2-1-3-8-16/h12H,1-11H2,(H2,14,17). The van der Waals surface area contributed by atoms with Gasteiger partial charge in [0.25, 0.3) is 0 Å². The van der Waals surface area contributed by atoms with Crippen LogP contribution in [0.25, 0.3) is 0 Å². The maximum atomic E-state index is 5.55. The van der Waals surface area contributed by atoms with Crippen LogP contribution in [0.4, 0.5) is 0 Å². The maximum Gasteiger partial charge on any atom is 0.0740 e. The third-order valence-electron chi connectivity index (χ3n) is 4.14. The van der Waals surface area contributed by atoms with Crippen LogP contribution < -0.4 is 5.73 Å². The van der Waals surface area contributed by atoms with Gasteiger partial charge >= 0.3 is 0 Å². The Kier molecular flexibility index (Phi) is 5.19. The van der Waals surface area contributed by atoms with E-state index in [0.29, 0.717) is 4.99 Å². The highest BCUT2D eigenvalue weighted by atomic mass is 32.1. The van der Waals surface area contributed by atoms with Crippen molar-refractivity contribution in [1.82, 2.24) is 9.80 Å². The van der Waals surface area contributed by atoms with Crippen molar-refractivity contribution < 1.29 is 0 Å². The first-order valence-corrected chi connectivity index (χ1v) is 7.41. The minimum atomic E-state index is 0.656. The summed E-state index contributed by atoms with van der Waals surface area (Å²) in [5, 5.41) is 0. The van der Waals surface area contributed by atoms with E-state index in [2.05, 4.69) is 9.80 Å². The van der Waals surface area contributed by atoms with Crippen molar-refractivity contribution in [3.8, 4) is 0 Å². The predicted octanol–water partition coefficient (Wildman–Crippen LogP) is 1.61. The molecule has 0 aromatic carbocycles. The minimum absolute atomic E-state index is 0.656. The summed E-state index contributed by atoms with van der Waals surface area (Å²) in [5.74, 6) is 0. The Hall–Kier alpha value is -0.190. The van der Waals surface area contributed by atoms with Gasteiger partial charge in [-0.15, -0.1) is 0 Å². The molecule has 0 amide bonds. The molecule has 2 N–H and O–H groups in total. The summed E-state index contributed by atoms with van der Waals surface area (Å²) in [6, 6.07) is 0.844. The van der Waals surface area contributed by atoms with E-state index >= 15 is 0 Å². The van der Waals surface area contributed by atoms with Crippen molar-refractivity contribution in [3.05, 3.63) is 0 Å². The lowest BCUT2D eigenvalue weighted by Gasteiger charge is -2.40. The number of thiocarbonyl (C=S) groups is 1. The van der Waals surface area contributed by atoms with E-state index in [1.165, 1.54) is 58.3 Å². The maximum absolute atomic E-state index is 5.55. The molecule has 2 rings (SSSR count). The Morgan fingerprint density at radius 2 is 1.71 bits per heavy atom. The molecule has 3 nitrogen and oxygen atoms in total. The zero-order chi connectivity index (χ0) is 12.1. The minimum Gasteiger partial charge on any atom is -0.393 e. The lowest BCUT2D eigenvalue weighted by Crippen LogP contribution is -2.47. The summed E-state index contributed by atoms with van der Waals surface area (Å²) in [6.07, 6.45) is 7.78. The Balaban J connectivity index is 1.68. The lowest BCUT2D eigenvalue weighted by molar-refractivity contribution is 0.0938. The van der Waals surface area contributed by atoms with Gasteiger partial charge in [-0.1, -0.05) is 18.6 Å². The predicted molar refractivity (Wildman–Crippen MR) is 76.3 cm³/mol. The molecule has 4 heteroatoms. The van der Waals surface area contributed by atoms with E-state index in [1.807, 2.05) is 0 Å². The Labute approximate surface area is 110 Å². The Morgan fingerprint density at radius 3 is 2.29 bits per heavy atom. The van der Waals surface area contributed by atoms with Crippen molar-refractivity contribution in [2.45, 2.75) is 44.6 Å². The van der Waals surface area contributed by atoms with Crippen LogP contribution in [0.5, 0.6) is 0 Å². The summed E-state index contributed by atoms with van der Waals surface area (Å²) in [4.78, 5) is 5.89. The second-order valence-corrected chi connectivity index (χ2v) is 5.91. The fraction of sp³-hybridized carbons (Fsp3) is 0.923. The van der Waals surface area contributed by atoms with Gasteiger partial charge in [-0.2, -0.15) is 0 Å². The molecule has 0 spiro atoms.